The van der Waals surface area contributed by atoms with Crippen molar-refractivity contribution in [3.8, 4) is 0 Å². The fraction of sp³-hybridized carbons (Fsp3) is 0.600. The molecule has 0 aromatic carbocycles. The first-order chi connectivity index (χ1) is 17.1. The summed E-state index contributed by atoms with van der Waals surface area (Å²) in [5.41, 5.74) is 1.00. The van der Waals surface area contributed by atoms with Crippen LogP contribution in [0.2, 0.25) is 0 Å². The smallest absolute Gasteiger partial charge is 0.336 e. The standard InChI is InChI=1S/C19H32N4O.C6H8O7/c1-14(2)23-17(5)19(16(4)20-23)13-22(11-10-21(6)7)12-18-9-8-15(3)24-18;7-3(8)1-6(13,5(11)12)2-4(9)10/h8-9,14H,10-13H2,1-7H3;13H,1-2H2,(H,7,8)(H,9,10)(H,11,12). The monoisotopic (exact) mass is 524 g/mol. The van der Waals surface area contributed by atoms with Crippen molar-refractivity contribution in [2.75, 3.05) is 27.2 Å². The average Bonchev–Trinajstić information content (AvgIpc) is 3.28. The predicted octanol–water partition coefficient (Wildman–Crippen LogP) is 2.30. The maximum absolute atomic E-state index is 10.3. The Balaban J connectivity index is 0.000000448. The molecule has 37 heavy (non-hydrogen) atoms. The van der Waals surface area contributed by atoms with Crippen LogP contribution in [0.15, 0.2) is 16.5 Å². The number of hydrogen-bond donors (Lipinski definition) is 4. The Bertz CT molecular complexity index is 1040. The van der Waals surface area contributed by atoms with Crippen molar-refractivity contribution >= 4 is 17.9 Å². The van der Waals surface area contributed by atoms with Gasteiger partial charge in [0.15, 0.2) is 5.60 Å². The van der Waals surface area contributed by atoms with Crippen LogP contribution in [0.25, 0.3) is 0 Å². The summed E-state index contributed by atoms with van der Waals surface area (Å²) >= 11 is 0. The van der Waals surface area contributed by atoms with Gasteiger partial charge in [0.1, 0.15) is 11.5 Å². The van der Waals surface area contributed by atoms with Gasteiger partial charge < -0.3 is 29.7 Å². The van der Waals surface area contributed by atoms with Crippen molar-refractivity contribution < 1.29 is 39.2 Å². The molecular weight excluding hydrogens is 484 g/mol. The molecule has 0 radical (unpaired) electrons. The van der Waals surface area contributed by atoms with Gasteiger partial charge in [-0.2, -0.15) is 5.10 Å². The zero-order valence-electron chi connectivity index (χ0n) is 22.7. The van der Waals surface area contributed by atoms with Crippen molar-refractivity contribution in [2.45, 2.75) is 72.2 Å². The summed E-state index contributed by atoms with van der Waals surface area (Å²) in [5.74, 6) is -3.02. The largest absolute Gasteiger partial charge is 0.481 e. The summed E-state index contributed by atoms with van der Waals surface area (Å²) in [7, 11) is 4.23. The first kappa shape index (κ1) is 31.8. The lowest BCUT2D eigenvalue weighted by atomic mass is 9.96. The number of carbonyl (C=O) groups is 3. The van der Waals surface area contributed by atoms with E-state index in [2.05, 4.69) is 62.3 Å². The SMILES string of the molecule is Cc1ccc(CN(CCN(C)C)Cc2c(C)nn(C(C)C)c2C)o1.O=C(O)CC(O)(CC(=O)O)C(=O)O. The van der Waals surface area contributed by atoms with E-state index in [4.69, 9.17) is 29.9 Å². The van der Waals surface area contributed by atoms with Crippen LogP contribution in [0.1, 0.15) is 61.2 Å². The lowest BCUT2D eigenvalue weighted by molar-refractivity contribution is -0.170. The molecule has 4 N–H and O–H groups in total. The number of nitrogens with zero attached hydrogens (tertiary/aromatic N) is 4. The van der Waals surface area contributed by atoms with Crippen LogP contribution in [-0.2, 0) is 27.5 Å². The summed E-state index contributed by atoms with van der Waals surface area (Å²) < 4.78 is 7.92. The Morgan fingerprint density at radius 3 is 1.95 bits per heavy atom. The predicted molar refractivity (Wildman–Crippen MR) is 135 cm³/mol. The van der Waals surface area contributed by atoms with Gasteiger partial charge in [-0.1, -0.05) is 0 Å². The van der Waals surface area contributed by atoms with Gasteiger partial charge in [0, 0.05) is 36.9 Å². The number of carboxylic acids is 3. The summed E-state index contributed by atoms with van der Waals surface area (Å²) in [5, 5.41) is 38.5. The van der Waals surface area contributed by atoms with Crippen molar-refractivity contribution in [2.24, 2.45) is 0 Å². The van der Waals surface area contributed by atoms with Crippen molar-refractivity contribution in [3.05, 3.63) is 40.6 Å². The number of rotatable bonds is 13. The number of carboxylic acid groups (broad SMARTS) is 3. The van der Waals surface area contributed by atoms with Crippen molar-refractivity contribution in [1.82, 2.24) is 19.6 Å². The van der Waals surface area contributed by atoms with Gasteiger partial charge in [0.2, 0.25) is 0 Å². The van der Waals surface area contributed by atoms with E-state index in [1.807, 2.05) is 13.0 Å². The lowest BCUT2D eigenvalue weighted by Crippen LogP contribution is -2.42. The summed E-state index contributed by atoms with van der Waals surface area (Å²) in [6.45, 7) is 14.4. The van der Waals surface area contributed by atoms with E-state index < -0.39 is 36.4 Å². The minimum atomic E-state index is -2.74. The molecule has 0 atom stereocenters. The Hall–Kier alpha value is -3.22. The Morgan fingerprint density at radius 1 is 1.00 bits per heavy atom. The maximum Gasteiger partial charge on any atom is 0.336 e. The second-order valence-corrected chi connectivity index (χ2v) is 9.69. The molecule has 12 nitrogen and oxygen atoms in total. The highest BCUT2D eigenvalue weighted by Gasteiger charge is 2.40. The minimum absolute atomic E-state index is 0.389. The van der Waals surface area contributed by atoms with Crippen LogP contribution in [0, 0.1) is 20.8 Å². The summed E-state index contributed by atoms with van der Waals surface area (Å²) in [6.07, 6.45) is -2.29. The molecule has 0 saturated carbocycles. The Kier molecular flexibility index (Phi) is 12.0. The van der Waals surface area contributed by atoms with E-state index in [9.17, 15) is 14.4 Å². The van der Waals surface area contributed by atoms with Gasteiger partial charge >= 0.3 is 17.9 Å². The highest BCUT2D eigenvalue weighted by Crippen LogP contribution is 2.21. The quantitative estimate of drug-likeness (QED) is 0.303. The molecule has 2 aromatic heterocycles. The molecule has 0 aliphatic rings. The van der Waals surface area contributed by atoms with Gasteiger partial charge in [-0.3, -0.25) is 19.2 Å². The Labute approximate surface area is 217 Å². The molecule has 2 heterocycles. The molecule has 0 amide bonds. The molecule has 0 unspecified atom stereocenters. The number of likely N-dealkylation sites (N-methyl/N-ethyl adjacent to an activating group) is 1. The zero-order chi connectivity index (χ0) is 28.5. The van der Waals surface area contributed by atoms with Crippen LogP contribution < -0.4 is 0 Å². The van der Waals surface area contributed by atoms with Crippen molar-refractivity contribution in [3.63, 3.8) is 0 Å². The molecule has 12 heteroatoms. The number of aliphatic hydroxyl groups is 1. The molecule has 0 aliphatic carbocycles. The number of aliphatic carboxylic acids is 3. The Morgan fingerprint density at radius 2 is 1.57 bits per heavy atom. The van der Waals surface area contributed by atoms with E-state index in [0.29, 0.717) is 6.04 Å². The molecule has 208 valence electrons. The van der Waals surface area contributed by atoms with E-state index in [1.54, 1.807) is 0 Å². The van der Waals surface area contributed by atoms with Gasteiger partial charge in [-0.15, -0.1) is 0 Å². The fourth-order valence-electron chi connectivity index (χ4n) is 3.71. The number of aryl methyl sites for hydroxylation is 2. The second kappa shape index (κ2) is 13.9. The van der Waals surface area contributed by atoms with Gasteiger partial charge in [-0.25, -0.2) is 4.79 Å². The maximum atomic E-state index is 10.3. The third-order valence-corrected chi connectivity index (χ3v) is 5.67. The highest BCUT2D eigenvalue weighted by atomic mass is 16.4. The second-order valence-electron chi connectivity index (χ2n) is 9.69. The van der Waals surface area contributed by atoms with E-state index in [1.165, 1.54) is 11.3 Å². The molecule has 0 fully saturated rings. The normalized spacial score (nSPS) is 11.6. The van der Waals surface area contributed by atoms with Gasteiger partial charge in [-0.05, 0) is 60.8 Å². The topological polar surface area (TPSA) is 170 Å². The third kappa shape index (κ3) is 10.3. The van der Waals surface area contributed by atoms with E-state index in [0.717, 1.165) is 43.4 Å². The zero-order valence-corrected chi connectivity index (χ0v) is 22.7. The molecular formula is C25H40N4O8. The third-order valence-electron chi connectivity index (χ3n) is 5.67. The van der Waals surface area contributed by atoms with Crippen molar-refractivity contribution in [1.29, 1.82) is 0 Å². The van der Waals surface area contributed by atoms with E-state index >= 15 is 0 Å². The molecule has 0 saturated heterocycles. The number of furan rings is 1. The van der Waals surface area contributed by atoms with E-state index in [-0.39, 0.29) is 0 Å². The highest BCUT2D eigenvalue weighted by molar-refractivity contribution is 5.88. The molecule has 0 aliphatic heterocycles. The van der Waals surface area contributed by atoms with Crippen LogP contribution in [0.3, 0.4) is 0 Å². The van der Waals surface area contributed by atoms with Crippen LogP contribution in [-0.4, -0.2) is 90.7 Å². The lowest BCUT2D eigenvalue weighted by Gasteiger charge is -2.23. The first-order valence-electron chi connectivity index (χ1n) is 11.9. The van der Waals surface area contributed by atoms with Crippen LogP contribution in [0.5, 0.6) is 0 Å². The van der Waals surface area contributed by atoms with Gasteiger partial charge in [0.25, 0.3) is 0 Å². The fourth-order valence-corrected chi connectivity index (χ4v) is 3.71. The molecule has 0 bridgehead atoms. The molecule has 2 aromatic rings. The summed E-state index contributed by atoms with van der Waals surface area (Å²) in [4.78, 5) is 35.1. The molecule has 0 spiro atoms. The van der Waals surface area contributed by atoms with Gasteiger partial charge in [0.05, 0.1) is 25.1 Å². The molecule has 2 rings (SSSR count). The van der Waals surface area contributed by atoms with Crippen LogP contribution >= 0.6 is 0 Å². The average molecular weight is 525 g/mol. The summed E-state index contributed by atoms with van der Waals surface area (Å²) in [6, 6.07) is 4.50. The van der Waals surface area contributed by atoms with Crippen LogP contribution in [0.4, 0.5) is 0 Å². The first-order valence-corrected chi connectivity index (χ1v) is 11.9. The number of aromatic nitrogens is 2. The minimum Gasteiger partial charge on any atom is -0.481 e. The number of hydrogen-bond acceptors (Lipinski definition) is 8.